The van der Waals surface area contributed by atoms with Crippen molar-refractivity contribution in [2.24, 2.45) is 5.92 Å². The number of carbonyl (C=O) groups is 2. The van der Waals surface area contributed by atoms with Crippen LogP contribution >= 0.6 is 0 Å². The number of likely N-dealkylation sites (tertiary alicyclic amines) is 1. The monoisotopic (exact) mass is 488 g/mol. The Kier molecular flexibility index (Phi) is 8.34. The quantitative estimate of drug-likeness (QED) is 0.504. The maximum absolute atomic E-state index is 13.9. The van der Waals surface area contributed by atoms with Crippen molar-refractivity contribution in [1.82, 2.24) is 15.1 Å². The second-order valence-corrected chi connectivity index (χ2v) is 9.88. The van der Waals surface area contributed by atoms with Gasteiger partial charge in [-0.05, 0) is 42.9 Å². The molecule has 2 aromatic rings. The Hall–Kier alpha value is -3.29. The van der Waals surface area contributed by atoms with E-state index in [1.165, 1.54) is 5.46 Å². The van der Waals surface area contributed by atoms with E-state index >= 15 is 0 Å². The summed E-state index contributed by atoms with van der Waals surface area (Å²) < 4.78 is 5.62. The Morgan fingerprint density at radius 3 is 2.61 bits per heavy atom. The first-order chi connectivity index (χ1) is 17.5. The average Bonchev–Trinajstić information content (AvgIpc) is 3.16. The summed E-state index contributed by atoms with van der Waals surface area (Å²) in [6.07, 6.45) is 4.17. The zero-order valence-electron chi connectivity index (χ0n) is 21.5. The molecule has 2 aliphatic heterocycles. The van der Waals surface area contributed by atoms with Crippen molar-refractivity contribution in [1.29, 1.82) is 5.41 Å². The lowest BCUT2D eigenvalue weighted by Crippen LogP contribution is -2.46. The van der Waals surface area contributed by atoms with Crippen LogP contribution < -0.4 is 15.5 Å². The van der Waals surface area contributed by atoms with Crippen LogP contribution in [0.15, 0.2) is 54.6 Å². The van der Waals surface area contributed by atoms with E-state index in [2.05, 4.69) is 31.2 Å². The fourth-order valence-corrected chi connectivity index (χ4v) is 5.21. The molecule has 2 amide bonds. The molecule has 1 unspecified atom stereocenters. The number of amides is 2. The topological polar surface area (TPSA) is 85.7 Å². The van der Waals surface area contributed by atoms with Gasteiger partial charge in [-0.15, -0.1) is 0 Å². The second kappa shape index (κ2) is 11.6. The summed E-state index contributed by atoms with van der Waals surface area (Å²) >= 11 is 0. The lowest BCUT2D eigenvalue weighted by Gasteiger charge is -2.34. The second-order valence-electron chi connectivity index (χ2n) is 9.88. The summed E-state index contributed by atoms with van der Waals surface area (Å²) in [6, 6.07) is 17.6. The van der Waals surface area contributed by atoms with E-state index in [0.29, 0.717) is 31.8 Å². The minimum absolute atomic E-state index is 0.0154. The third kappa shape index (κ3) is 5.58. The lowest BCUT2D eigenvalue weighted by molar-refractivity contribution is -0.136. The third-order valence-corrected chi connectivity index (χ3v) is 7.46. The number of para-hydroxylation sites is 1. The number of hydrogen-bond acceptors (Lipinski definition) is 4. The van der Waals surface area contributed by atoms with Crippen molar-refractivity contribution in [3.05, 3.63) is 60.2 Å². The van der Waals surface area contributed by atoms with Crippen LogP contribution in [0.5, 0.6) is 5.75 Å². The molecule has 36 heavy (non-hydrogen) atoms. The zero-order chi connectivity index (χ0) is 25.5. The SMILES string of the molecule is CBc1cccc(C2(CCCC)NC(=N)N(CC3CCN(C(=O)COc4ccccc4)CC3)C2=O)c1. The van der Waals surface area contributed by atoms with Gasteiger partial charge in [0, 0.05) is 19.6 Å². The number of ether oxygens (including phenoxy) is 1. The predicted octanol–water partition coefficient (Wildman–Crippen LogP) is 2.87. The highest BCUT2D eigenvalue weighted by Crippen LogP contribution is 2.34. The first kappa shape index (κ1) is 25.8. The van der Waals surface area contributed by atoms with Gasteiger partial charge in [-0.25, -0.2) is 0 Å². The smallest absolute Gasteiger partial charge is 0.260 e. The van der Waals surface area contributed by atoms with Crippen LogP contribution in [0.25, 0.3) is 0 Å². The Labute approximate surface area is 214 Å². The Balaban J connectivity index is 1.37. The van der Waals surface area contributed by atoms with Gasteiger partial charge in [0.1, 0.15) is 11.3 Å². The first-order valence-electron chi connectivity index (χ1n) is 13.2. The molecular formula is C28H37BN4O3. The molecule has 2 aliphatic rings. The summed E-state index contributed by atoms with van der Waals surface area (Å²) in [5.41, 5.74) is 1.27. The summed E-state index contributed by atoms with van der Waals surface area (Å²) in [5.74, 6) is 1.09. The molecule has 0 bridgehead atoms. The average molecular weight is 488 g/mol. The lowest BCUT2D eigenvalue weighted by atomic mass is 9.71. The largest absolute Gasteiger partial charge is 0.484 e. The number of nitrogens with one attached hydrogen (secondary N) is 2. The van der Waals surface area contributed by atoms with Crippen LogP contribution in [0, 0.1) is 11.3 Å². The number of guanidine groups is 1. The molecule has 1 atom stereocenters. The van der Waals surface area contributed by atoms with E-state index in [-0.39, 0.29) is 30.3 Å². The number of hydrogen-bond donors (Lipinski definition) is 2. The molecule has 2 N–H and O–H groups in total. The van der Waals surface area contributed by atoms with Crippen LogP contribution in [0.3, 0.4) is 0 Å². The van der Waals surface area contributed by atoms with Gasteiger partial charge in [0.15, 0.2) is 19.8 Å². The number of benzene rings is 2. The maximum atomic E-state index is 13.9. The van der Waals surface area contributed by atoms with E-state index < -0.39 is 5.54 Å². The first-order valence-corrected chi connectivity index (χ1v) is 13.2. The molecule has 0 spiro atoms. The molecule has 0 saturated carbocycles. The molecule has 2 aromatic carbocycles. The van der Waals surface area contributed by atoms with Gasteiger partial charge in [0.2, 0.25) is 0 Å². The molecule has 7 nitrogen and oxygen atoms in total. The van der Waals surface area contributed by atoms with Crippen LogP contribution in [0.4, 0.5) is 0 Å². The highest BCUT2D eigenvalue weighted by Gasteiger charge is 2.50. The van der Waals surface area contributed by atoms with E-state index in [4.69, 9.17) is 10.1 Å². The molecular weight excluding hydrogens is 451 g/mol. The number of nitrogens with zero attached hydrogens (tertiary/aromatic N) is 2. The van der Waals surface area contributed by atoms with Gasteiger partial charge in [0.25, 0.3) is 11.8 Å². The summed E-state index contributed by atoms with van der Waals surface area (Å²) in [6.45, 7) is 6.06. The van der Waals surface area contributed by atoms with Gasteiger partial charge < -0.3 is 15.0 Å². The molecule has 2 fully saturated rings. The number of carbonyl (C=O) groups excluding carboxylic acids is 2. The third-order valence-electron chi connectivity index (χ3n) is 7.46. The van der Waals surface area contributed by atoms with Crippen molar-refractivity contribution in [3.8, 4) is 5.75 Å². The Morgan fingerprint density at radius 1 is 1.17 bits per heavy atom. The number of rotatable bonds is 10. The van der Waals surface area contributed by atoms with Crippen molar-refractivity contribution in [2.45, 2.75) is 51.4 Å². The van der Waals surface area contributed by atoms with Crippen molar-refractivity contribution in [3.63, 3.8) is 0 Å². The van der Waals surface area contributed by atoms with Crippen LogP contribution in [0.1, 0.15) is 44.6 Å². The normalized spacial score (nSPS) is 20.4. The molecule has 0 radical (unpaired) electrons. The Morgan fingerprint density at radius 2 is 1.92 bits per heavy atom. The van der Waals surface area contributed by atoms with Gasteiger partial charge in [-0.1, -0.05) is 74.5 Å². The fraction of sp³-hybridized carbons (Fsp3) is 0.464. The van der Waals surface area contributed by atoms with E-state index in [0.717, 1.165) is 38.5 Å². The Bertz CT molecular complexity index is 1070. The van der Waals surface area contributed by atoms with E-state index in [1.807, 2.05) is 47.4 Å². The standard InChI is InChI=1S/C28H37BN4O3/c1-3-4-15-28(22-9-8-10-23(18-22)29-2)26(35)33(27(30)31-28)19-21-13-16-32(17-14-21)25(34)20-36-24-11-6-5-7-12-24/h5-12,18,21,29H,3-4,13-17,19-20H2,1-2H3,(H2,30,31). The molecule has 0 aromatic heterocycles. The van der Waals surface area contributed by atoms with E-state index in [9.17, 15) is 9.59 Å². The molecule has 190 valence electrons. The minimum atomic E-state index is -0.871. The van der Waals surface area contributed by atoms with E-state index in [1.54, 1.807) is 4.90 Å². The minimum Gasteiger partial charge on any atom is -0.484 e. The van der Waals surface area contributed by atoms with Gasteiger partial charge in [-0.3, -0.25) is 19.9 Å². The number of piperidine rings is 1. The fourth-order valence-electron chi connectivity index (χ4n) is 5.21. The van der Waals surface area contributed by atoms with Crippen LogP contribution in [-0.4, -0.2) is 61.1 Å². The maximum Gasteiger partial charge on any atom is 0.260 e. The molecule has 0 aliphatic carbocycles. The molecule has 2 saturated heterocycles. The van der Waals surface area contributed by atoms with Gasteiger partial charge in [0.05, 0.1) is 0 Å². The van der Waals surface area contributed by atoms with Crippen molar-refractivity contribution < 1.29 is 14.3 Å². The predicted molar refractivity (Wildman–Crippen MR) is 144 cm³/mol. The van der Waals surface area contributed by atoms with Crippen molar-refractivity contribution >= 4 is 30.5 Å². The van der Waals surface area contributed by atoms with Crippen molar-refractivity contribution in [2.75, 3.05) is 26.2 Å². The summed E-state index contributed by atoms with van der Waals surface area (Å²) in [5, 5.41) is 11.9. The summed E-state index contributed by atoms with van der Waals surface area (Å²) in [4.78, 5) is 29.9. The highest BCUT2D eigenvalue weighted by atomic mass is 16.5. The molecule has 2 heterocycles. The molecule has 8 heteroatoms. The van der Waals surface area contributed by atoms with Gasteiger partial charge >= 0.3 is 0 Å². The summed E-state index contributed by atoms with van der Waals surface area (Å²) in [7, 11) is 0.904. The van der Waals surface area contributed by atoms with Crippen LogP contribution in [0.2, 0.25) is 6.82 Å². The van der Waals surface area contributed by atoms with Gasteiger partial charge in [-0.2, -0.15) is 0 Å². The van der Waals surface area contributed by atoms with Crippen LogP contribution in [-0.2, 0) is 15.1 Å². The number of unbranched alkanes of at least 4 members (excludes halogenated alkanes) is 1. The highest BCUT2D eigenvalue weighted by molar-refractivity contribution is 6.51. The zero-order valence-corrected chi connectivity index (χ0v) is 21.5. The molecule has 4 rings (SSSR count).